The summed E-state index contributed by atoms with van der Waals surface area (Å²) in [6, 6.07) is 7.99. The van der Waals surface area contributed by atoms with Gasteiger partial charge in [-0.05, 0) is 36.5 Å². The van der Waals surface area contributed by atoms with Crippen molar-refractivity contribution in [1.29, 1.82) is 0 Å². The van der Waals surface area contributed by atoms with Gasteiger partial charge in [0.15, 0.2) is 5.96 Å². The molecule has 0 spiro atoms. The minimum Gasteiger partial charge on any atom is -0.465 e. The molecule has 1 fully saturated rings. The Bertz CT molecular complexity index is 646. The van der Waals surface area contributed by atoms with Gasteiger partial charge in [0.05, 0.1) is 25.9 Å². The molecule has 8 heteroatoms. The van der Waals surface area contributed by atoms with Gasteiger partial charge >= 0.3 is 5.97 Å². The van der Waals surface area contributed by atoms with Crippen molar-refractivity contribution in [2.45, 2.75) is 32.7 Å². The van der Waals surface area contributed by atoms with Crippen molar-refractivity contribution in [2.75, 3.05) is 53.6 Å². The second kappa shape index (κ2) is 14.6. The smallest absolute Gasteiger partial charge is 0.337 e. The summed E-state index contributed by atoms with van der Waals surface area (Å²) in [7, 11) is 3.19. The van der Waals surface area contributed by atoms with E-state index in [2.05, 4.69) is 34.4 Å². The van der Waals surface area contributed by atoms with Crippen LogP contribution in [0.25, 0.3) is 0 Å². The fourth-order valence-electron chi connectivity index (χ4n) is 3.53. The number of guanidine groups is 1. The van der Waals surface area contributed by atoms with Gasteiger partial charge in [0.1, 0.15) is 0 Å². The molecule has 170 valence electrons. The van der Waals surface area contributed by atoms with Gasteiger partial charge in [0.25, 0.3) is 0 Å². The van der Waals surface area contributed by atoms with Gasteiger partial charge in [-0.15, -0.1) is 24.0 Å². The van der Waals surface area contributed by atoms with Crippen LogP contribution >= 0.6 is 24.0 Å². The molecule has 1 aromatic rings. The monoisotopic (exact) mass is 532 g/mol. The summed E-state index contributed by atoms with van der Waals surface area (Å²) in [5, 5.41) is 6.87. The lowest BCUT2D eigenvalue weighted by Gasteiger charge is -2.35. The first-order chi connectivity index (χ1) is 14.0. The number of nitrogens with zero attached hydrogens (tertiary/aromatic N) is 2. The molecule has 1 atom stereocenters. The standard InChI is InChI=1S/C22H36N4O3.HI/c1-17(2)15-20(26-11-13-29-14-12-26)16-25-22(23-3)24-10-9-18-5-7-19(8-6-18)21(27)28-4;/h5-8,17,20H,9-16H2,1-4H3,(H2,23,24,25);1H. The molecule has 0 bridgehead atoms. The second-order valence-corrected chi connectivity index (χ2v) is 7.75. The van der Waals surface area contributed by atoms with Gasteiger partial charge in [-0.25, -0.2) is 4.79 Å². The number of rotatable bonds is 9. The van der Waals surface area contributed by atoms with Crippen molar-refractivity contribution in [3.63, 3.8) is 0 Å². The molecule has 0 aliphatic carbocycles. The van der Waals surface area contributed by atoms with Crippen LogP contribution in [-0.2, 0) is 15.9 Å². The molecule has 1 unspecified atom stereocenters. The maximum absolute atomic E-state index is 11.5. The van der Waals surface area contributed by atoms with Crippen molar-refractivity contribution in [1.82, 2.24) is 15.5 Å². The Hall–Kier alpha value is -1.39. The predicted octanol–water partition coefficient (Wildman–Crippen LogP) is 2.55. The number of halogens is 1. The molecule has 1 aliphatic heterocycles. The van der Waals surface area contributed by atoms with E-state index in [4.69, 9.17) is 9.47 Å². The largest absolute Gasteiger partial charge is 0.465 e. The lowest BCUT2D eigenvalue weighted by molar-refractivity contribution is 0.0132. The maximum atomic E-state index is 11.5. The van der Waals surface area contributed by atoms with E-state index >= 15 is 0 Å². The average Bonchev–Trinajstić information content (AvgIpc) is 2.75. The predicted molar refractivity (Wildman–Crippen MR) is 132 cm³/mol. The lowest BCUT2D eigenvalue weighted by atomic mass is 10.0. The molecule has 2 rings (SSSR count). The molecular formula is C22H37IN4O3. The Morgan fingerprint density at radius 2 is 1.87 bits per heavy atom. The molecule has 0 amide bonds. The van der Waals surface area contributed by atoms with Crippen molar-refractivity contribution < 1.29 is 14.3 Å². The van der Waals surface area contributed by atoms with E-state index in [9.17, 15) is 4.79 Å². The fraction of sp³-hybridized carbons (Fsp3) is 0.636. The molecule has 0 saturated carbocycles. The molecule has 1 aromatic carbocycles. The number of aliphatic imine (C=N–C) groups is 1. The van der Waals surface area contributed by atoms with Crippen molar-refractivity contribution in [3.05, 3.63) is 35.4 Å². The van der Waals surface area contributed by atoms with Crippen molar-refractivity contribution in [2.24, 2.45) is 10.9 Å². The molecule has 1 saturated heterocycles. The molecule has 2 N–H and O–H groups in total. The number of nitrogens with one attached hydrogen (secondary N) is 2. The Morgan fingerprint density at radius 3 is 2.43 bits per heavy atom. The first kappa shape index (κ1) is 26.6. The van der Waals surface area contributed by atoms with E-state index in [0.717, 1.165) is 63.8 Å². The Kier molecular flexibility index (Phi) is 13.0. The summed E-state index contributed by atoms with van der Waals surface area (Å²) in [5.41, 5.74) is 1.73. The molecule has 0 aromatic heterocycles. The van der Waals surface area contributed by atoms with Crippen LogP contribution in [-0.4, -0.2) is 76.4 Å². The Balaban J connectivity index is 0.00000450. The highest BCUT2D eigenvalue weighted by molar-refractivity contribution is 14.0. The minimum atomic E-state index is -0.310. The van der Waals surface area contributed by atoms with Crippen molar-refractivity contribution in [3.8, 4) is 0 Å². The van der Waals surface area contributed by atoms with E-state index in [1.165, 1.54) is 7.11 Å². The highest BCUT2D eigenvalue weighted by Gasteiger charge is 2.22. The summed E-state index contributed by atoms with van der Waals surface area (Å²) in [4.78, 5) is 18.4. The summed E-state index contributed by atoms with van der Waals surface area (Å²) >= 11 is 0. The zero-order chi connectivity index (χ0) is 21.1. The molecule has 7 nitrogen and oxygen atoms in total. The zero-order valence-electron chi connectivity index (χ0n) is 18.6. The van der Waals surface area contributed by atoms with E-state index in [1.807, 2.05) is 12.1 Å². The van der Waals surface area contributed by atoms with Gasteiger partial charge < -0.3 is 20.1 Å². The van der Waals surface area contributed by atoms with Crippen LogP contribution in [0.4, 0.5) is 0 Å². The van der Waals surface area contributed by atoms with Gasteiger partial charge in [-0.2, -0.15) is 0 Å². The fourth-order valence-corrected chi connectivity index (χ4v) is 3.53. The van der Waals surface area contributed by atoms with E-state index < -0.39 is 0 Å². The van der Waals surface area contributed by atoms with Crippen LogP contribution < -0.4 is 10.6 Å². The van der Waals surface area contributed by atoms with Crippen LogP contribution in [0.15, 0.2) is 29.3 Å². The quantitative estimate of drug-likeness (QED) is 0.221. The summed E-state index contributed by atoms with van der Waals surface area (Å²) in [6.07, 6.45) is 2.00. The summed E-state index contributed by atoms with van der Waals surface area (Å²) in [5.74, 6) is 1.15. The molecule has 30 heavy (non-hydrogen) atoms. The Labute approximate surface area is 198 Å². The molecular weight excluding hydrogens is 495 g/mol. The number of hydrogen-bond donors (Lipinski definition) is 2. The van der Waals surface area contributed by atoms with E-state index in [1.54, 1.807) is 19.2 Å². The number of methoxy groups -OCH3 is 1. The lowest BCUT2D eigenvalue weighted by Crippen LogP contribution is -2.51. The number of hydrogen-bond acceptors (Lipinski definition) is 5. The second-order valence-electron chi connectivity index (χ2n) is 7.75. The van der Waals surface area contributed by atoms with Crippen molar-refractivity contribution >= 4 is 35.9 Å². The normalized spacial score (nSPS) is 16.0. The van der Waals surface area contributed by atoms with Crippen LogP contribution in [0, 0.1) is 5.92 Å². The minimum absolute atomic E-state index is 0. The highest BCUT2D eigenvalue weighted by atomic mass is 127. The number of carbonyl (C=O) groups excluding carboxylic acids is 1. The van der Waals surface area contributed by atoms with Gasteiger partial charge in [0.2, 0.25) is 0 Å². The number of ether oxygens (including phenoxy) is 2. The van der Waals surface area contributed by atoms with E-state index in [-0.39, 0.29) is 29.9 Å². The number of esters is 1. The third-order valence-corrected chi connectivity index (χ3v) is 5.12. The highest BCUT2D eigenvalue weighted by Crippen LogP contribution is 2.13. The summed E-state index contributed by atoms with van der Waals surface area (Å²) in [6.45, 7) is 9.79. The van der Waals surface area contributed by atoms with E-state index in [0.29, 0.717) is 17.5 Å². The zero-order valence-corrected chi connectivity index (χ0v) is 21.0. The third kappa shape index (κ3) is 9.18. The summed E-state index contributed by atoms with van der Waals surface area (Å²) < 4.78 is 10.2. The first-order valence-electron chi connectivity index (χ1n) is 10.5. The number of carbonyl (C=O) groups is 1. The Morgan fingerprint density at radius 1 is 1.20 bits per heavy atom. The van der Waals surface area contributed by atoms with Crippen LogP contribution in [0.1, 0.15) is 36.2 Å². The molecule has 1 aliphatic rings. The van der Waals surface area contributed by atoms with Gasteiger partial charge in [-0.1, -0.05) is 26.0 Å². The van der Waals surface area contributed by atoms with Crippen LogP contribution in [0.3, 0.4) is 0 Å². The topological polar surface area (TPSA) is 75.2 Å². The van der Waals surface area contributed by atoms with Crippen LogP contribution in [0.5, 0.6) is 0 Å². The van der Waals surface area contributed by atoms with Gasteiger partial charge in [0, 0.05) is 39.3 Å². The number of morpholine rings is 1. The van der Waals surface area contributed by atoms with Gasteiger partial charge in [-0.3, -0.25) is 9.89 Å². The third-order valence-electron chi connectivity index (χ3n) is 5.12. The molecule has 1 heterocycles. The number of benzene rings is 1. The maximum Gasteiger partial charge on any atom is 0.337 e. The average molecular weight is 532 g/mol. The SMILES string of the molecule is CN=C(NCCc1ccc(C(=O)OC)cc1)NCC(CC(C)C)N1CCOCC1.I. The first-order valence-corrected chi connectivity index (χ1v) is 10.5. The molecule has 0 radical (unpaired) electrons. The van der Waals surface area contributed by atoms with Crippen LogP contribution in [0.2, 0.25) is 0 Å².